The van der Waals surface area contributed by atoms with Crippen molar-refractivity contribution in [1.29, 1.82) is 0 Å². The Kier molecular flexibility index (Phi) is 6.11. The van der Waals surface area contributed by atoms with Crippen molar-refractivity contribution in [1.82, 2.24) is 5.32 Å². The Hall–Kier alpha value is -1.79. The summed E-state index contributed by atoms with van der Waals surface area (Å²) in [4.78, 5) is 11.9. The largest absolute Gasteiger partial charge is 0.349 e. The maximum absolute atomic E-state index is 11.9. The normalized spacial score (nSPS) is 13.1. The van der Waals surface area contributed by atoms with Crippen molar-refractivity contribution in [2.24, 2.45) is 11.7 Å². The van der Waals surface area contributed by atoms with Gasteiger partial charge < -0.3 is 11.1 Å². The first-order valence-electron chi connectivity index (χ1n) is 6.67. The van der Waals surface area contributed by atoms with Crippen LogP contribution in [0.3, 0.4) is 0 Å². The van der Waals surface area contributed by atoms with Gasteiger partial charge in [-0.25, -0.2) is 0 Å². The number of benzene rings is 1. The van der Waals surface area contributed by atoms with E-state index in [-0.39, 0.29) is 17.9 Å². The van der Waals surface area contributed by atoms with Gasteiger partial charge in [0.1, 0.15) is 0 Å². The molecule has 0 fully saturated rings. The lowest BCUT2D eigenvalue weighted by Gasteiger charge is -2.17. The molecule has 19 heavy (non-hydrogen) atoms. The first-order valence-corrected chi connectivity index (χ1v) is 6.67. The van der Waals surface area contributed by atoms with E-state index in [9.17, 15) is 4.79 Å². The van der Waals surface area contributed by atoms with Crippen molar-refractivity contribution >= 4 is 5.91 Å². The van der Waals surface area contributed by atoms with Gasteiger partial charge in [-0.3, -0.25) is 4.79 Å². The van der Waals surface area contributed by atoms with Crippen LogP contribution >= 0.6 is 0 Å². The molecular weight excluding hydrogens is 236 g/mol. The van der Waals surface area contributed by atoms with Crippen molar-refractivity contribution in [2.75, 3.05) is 6.54 Å². The Morgan fingerprint density at radius 1 is 1.42 bits per heavy atom. The number of amides is 1. The molecule has 0 saturated heterocycles. The smallest absolute Gasteiger partial charge is 0.223 e. The topological polar surface area (TPSA) is 55.1 Å². The van der Waals surface area contributed by atoms with E-state index in [4.69, 9.17) is 5.73 Å². The number of hydrogen-bond donors (Lipinski definition) is 2. The van der Waals surface area contributed by atoms with Crippen LogP contribution in [0, 0.1) is 17.8 Å². The molecule has 2 unspecified atom stereocenters. The third kappa shape index (κ3) is 4.76. The lowest BCUT2D eigenvalue weighted by molar-refractivity contribution is -0.125. The molecule has 3 heteroatoms. The fraction of sp³-hybridized carbons (Fsp3) is 0.438. The van der Waals surface area contributed by atoms with Crippen LogP contribution in [0.25, 0.3) is 0 Å². The summed E-state index contributed by atoms with van der Waals surface area (Å²) in [6.07, 6.45) is 0.848. The van der Waals surface area contributed by atoms with Gasteiger partial charge in [-0.2, -0.15) is 0 Å². The molecule has 0 aliphatic carbocycles. The van der Waals surface area contributed by atoms with Gasteiger partial charge in [0.15, 0.2) is 0 Å². The first-order chi connectivity index (χ1) is 9.08. The minimum absolute atomic E-state index is 0.0128. The van der Waals surface area contributed by atoms with Gasteiger partial charge in [0.05, 0.1) is 12.6 Å². The fourth-order valence-electron chi connectivity index (χ4n) is 1.66. The van der Waals surface area contributed by atoms with Crippen LogP contribution in [0.4, 0.5) is 0 Å². The summed E-state index contributed by atoms with van der Waals surface area (Å²) in [5.41, 5.74) is 7.34. The summed E-state index contributed by atoms with van der Waals surface area (Å²) >= 11 is 0. The van der Waals surface area contributed by atoms with E-state index < -0.39 is 0 Å². The minimum Gasteiger partial charge on any atom is -0.349 e. The van der Waals surface area contributed by atoms with E-state index in [1.165, 1.54) is 0 Å². The molecule has 0 heterocycles. The van der Waals surface area contributed by atoms with Gasteiger partial charge in [0.25, 0.3) is 0 Å². The molecule has 0 aromatic heterocycles. The van der Waals surface area contributed by atoms with Gasteiger partial charge in [-0.05, 0) is 31.0 Å². The average molecular weight is 258 g/mol. The van der Waals surface area contributed by atoms with Gasteiger partial charge in [-0.1, -0.05) is 37.8 Å². The second-order valence-corrected chi connectivity index (χ2v) is 4.67. The zero-order chi connectivity index (χ0) is 14.3. The van der Waals surface area contributed by atoms with Crippen LogP contribution in [-0.4, -0.2) is 12.5 Å². The minimum atomic E-state index is -0.0128. The van der Waals surface area contributed by atoms with Gasteiger partial charge in [0, 0.05) is 11.5 Å². The first kappa shape index (κ1) is 15.3. The highest BCUT2D eigenvalue weighted by atomic mass is 16.1. The van der Waals surface area contributed by atoms with E-state index >= 15 is 0 Å². The molecule has 0 spiro atoms. The number of nitrogens with two attached hydrogens (primary N) is 1. The van der Waals surface area contributed by atoms with Crippen LogP contribution in [0.15, 0.2) is 24.3 Å². The molecule has 1 rings (SSSR count). The van der Waals surface area contributed by atoms with Crippen LogP contribution in [0.5, 0.6) is 0 Å². The van der Waals surface area contributed by atoms with Crippen LogP contribution in [-0.2, 0) is 4.79 Å². The Bertz CT molecular complexity index is 485. The second kappa shape index (κ2) is 7.60. The van der Waals surface area contributed by atoms with Gasteiger partial charge in [0.2, 0.25) is 5.91 Å². The molecule has 3 N–H and O–H groups in total. The summed E-state index contributed by atoms with van der Waals surface area (Å²) in [6.45, 7) is 6.28. The highest BCUT2D eigenvalue weighted by Gasteiger charge is 2.14. The molecule has 1 aromatic rings. The van der Waals surface area contributed by atoms with Crippen LogP contribution < -0.4 is 11.1 Å². The number of rotatable bonds is 4. The van der Waals surface area contributed by atoms with Crippen molar-refractivity contribution in [3.8, 4) is 11.8 Å². The highest BCUT2D eigenvalue weighted by Crippen LogP contribution is 2.15. The molecule has 0 aliphatic rings. The fourth-order valence-corrected chi connectivity index (χ4v) is 1.66. The van der Waals surface area contributed by atoms with Crippen molar-refractivity contribution in [3.63, 3.8) is 0 Å². The third-order valence-electron chi connectivity index (χ3n) is 3.14. The quantitative estimate of drug-likeness (QED) is 0.814. The van der Waals surface area contributed by atoms with E-state index in [1.807, 2.05) is 45.0 Å². The Labute approximate surface area is 115 Å². The van der Waals surface area contributed by atoms with Crippen LogP contribution in [0.1, 0.15) is 44.4 Å². The summed E-state index contributed by atoms with van der Waals surface area (Å²) in [6, 6.07) is 7.86. The van der Waals surface area contributed by atoms with E-state index in [0.29, 0.717) is 6.54 Å². The molecule has 0 saturated carbocycles. The van der Waals surface area contributed by atoms with E-state index in [1.54, 1.807) is 0 Å². The zero-order valence-corrected chi connectivity index (χ0v) is 11.9. The standard InChI is InChI=1S/C16H22N2O/c1-4-12(2)16(19)18-13(3)15-9-5-7-14(11-15)8-6-10-17/h5,7,9,11-13H,4,10,17H2,1-3H3,(H,18,19). The van der Waals surface area contributed by atoms with Crippen molar-refractivity contribution in [3.05, 3.63) is 35.4 Å². The highest BCUT2D eigenvalue weighted by molar-refractivity contribution is 5.78. The molecule has 2 atom stereocenters. The van der Waals surface area contributed by atoms with Gasteiger partial charge in [-0.15, -0.1) is 0 Å². The summed E-state index contributed by atoms with van der Waals surface area (Å²) in [5, 5.41) is 3.02. The molecule has 102 valence electrons. The summed E-state index contributed by atoms with van der Waals surface area (Å²) in [5.74, 6) is 5.96. The number of nitrogens with one attached hydrogen (secondary N) is 1. The lowest BCUT2D eigenvalue weighted by Crippen LogP contribution is -2.31. The zero-order valence-electron chi connectivity index (χ0n) is 11.9. The predicted octanol–water partition coefficient (Wildman–Crippen LogP) is 2.22. The monoisotopic (exact) mass is 258 g/mol. The molecule has 1 amide bonds. The molecule has 0 aliphatic heterocycles. The molecule has 0 bridgehead atoms. The number of carbonyl (C=O) groups excluding carboxylic acids is 1. The van der Waals surface area contributed by atoms with Crippen molar-refractivity contribution < 1.29 is 4.79 Å². The van der Waals surface area contributed by atoms with E-state index in [0.717, 1.165) is 17.5 Å². The lowest BCUT2D eigenvalue weighted by atomic mass is 10.0. The summed E-state index contributed by atoms with van der Waals surface area (Å²) in [7, 11) is 0. The maximum atomic E-state index is 11.9. The molecule has 0 radical (unpaired) electrons. The Morgan fingerprint density at radius 3 is 2.79 bits per heavy atom. The number of hydrogen-bond acceptors (Lipinski definition) is 2. The predicted molar refractivity (Wildman–Crippen MR) is 78.4 cm³/mol. The second-order valence-electron chi connectivity index (χ2n) is 4.67. The molecule has 1 aromatic carbocycles. The maximum Gasteiger partial charge on any atom is 0.223 e. The van der Waals surface area contributed by atoms with Crippen molar-refractivity contribution in [2.45, 2.75) is 33.2 Å². The molecular formula is C16H22N2O. The van der Waals surface area contributed by atoms with E-state index in [2.05, 4.69) is 17.2 Å². The van der Waals surface area contributed by atoms with Gasteiger partial charge >= 0.3 is 0 Å². The summed E-state index contributed by atoms with van der Waals surface area (Å²) < 4.78 is 0. The molecule has 3 nitrogen and oxygen atoms in total. The Balaban J connectivity index is 2.77. The Morgan fingerprint density at radius 2 is 2.16 bits per heavy atom. The average Bonchev–Trinajstić information content (AvgIpc) is 2.44. The third-order valence-corrected chi connectivity index (χ3v) is 3.14. The SMILES string of the molecule is CCC(C)C(=O)NC(C)c1cccc(C#CCN)c1. The van der Waals surface area contributed by atoms with Crippen LogP contribution in [0.2, 0.25) is 0 Å². The number of carbonyl (C=O) groups is 1.